The van der Waals surface area contributed by atoms with Crippen molar-refractivity contribution in [3.05, 3.63) is 65.8 Å². The Bertz CT molecular complexity index is 1070. The van der Waals surface area contributed by atoms with Crippen molar-refractivity contribution < 1.29 is 13.2 Å². The van der Waals surface area contributed by atoms with E-state index in [4.69, 9.17) is 16.3 Å². The Kier molecular flexibility index (Phi) is 5.74. The molecule has 5 nitrogen and oxygen atoms in total. The average Bonchev–Trinajstić information content (AvgIpc) is 2.65. The number of halogens is 1. The fourth-order valence-corrected chi connectivity index (χ4v) is 3.25. The molecule has 0 aliphatic carbocycles. The van der Waals surface area contributed by atoms with Gasteiger partial charge >= 0.3 is 0 Å². The number of nitrogens with zero attached hydrogens (tertiary/aromatic N) is 1. The zero-order chi connectivity index (χ0) is 18.4. The van der Waals surface area contributed by atoms with Gasteiger partial charge in [-0.3, -0.25) is 4.98 Å². The molecule has 0 atom stereocenters. The lowest BCUT2D eigenvalue weighted by Crippen LogP contribution is -2.24. The quantitative estimate of drug-likeness (QED) is 0.683. The molecular weight excluding hydrogens is 372 g/mol. The molecule has 0 saturated heterocycles. The zero-order valence-corrected chi connectivity index (χ0v) is 15.2. The van der Waals surface area contributed by atoms with Crippen molar-refractivity contribution in [2.45, 2.75) is 4.90 Å². The van der Waals surface area contributed by atoms with Crippen LogP contribution in [0.25, 0.3) is 10.9 Å². The molecule has 7 heteroatoms. The van der Waals surface area contributed by atoms with Crippen LogP contribution in [0.4, 0.5) is 0 Å². The number of ether oxygens (including phenoxy) is 1. The average molecular weight is 387 g/mol. The maximum Gasteiger partial charge on any atom is 0.241 e. The van der Waals surface area contributed by atoms with Gasteiger partial charge in [0.05, 0.1) is 17.0 Å². The van der Waals surface area contributed by atoms with Crippen LogP contribution in [0.5, 0.6) is 5.75 Å². The molecule has 0 amide bonds. The summed E-state index contributed by atoms with van der Waals surface area (Å²) < 4.78 is 32.1. The molecule has 0 bridgehead atoms. The van der Waals surface area contributed by atoms with Crippen LogP contribution in [0.3, 0.4) is 0 Å². The van der Waals surface area contributed by atoms with Crippen molar-refractivity contribution in [1.29, 1.82) is 0 Å². The molecule has 0 radical (unpaired) electrons. The summed E-state index contributed by atoms with van der Waals surface area (Å²) in [6.07, 6.45) is 1.72. The van der Waals surface area contributed by atoms with Gasteiger partial charge in [0, 0.05) is 22.7 Å². The molecule has 0 aliphatic rings. The number of rotatable bonds is 5. The van der Waals surface area contributed by atoms with E-state index in [9.17, 15) is 8.42 Å². The van der Waals surface area contributed by atoms with E-state index >= 15 is 0 Å². The highest BCUT2D eigenvalue weighted by molar-refractivity contribution is 7.89. The smallest absolute Gasteiger partial charge is 0.241 e. The Labute approximate surface area is 157 Å². The lowest BCUT2D eigenvalue weighted by atomic mass is 10.2. The van der Waals surface area contributed by atoms with E-state index in [1.807, 2.05) is 30.3 Å². The van der Waals surface area contributed by atoms with Gasteiger partial charge in [0.1, 0.15) is 12.4 Å². The van der Waals surface area contributed by atoms with Crippen LogP contribution in [0, 0.1) is 11.8 Å². The minimum atomic E-state index is -3.60. The number of hydrogen-bond donors (Lipinski definition) is 1. The minimum absolute atomic E-state index is 0.00635. The first kappa shape index (κ1) is 18.2. The minimum Gasteiger partial charge on any atom is -0.481 e. The number of benzene rings is 2. The molecule has 0 aliphatic heterocycles. The van der Waals surface area contributed by atoms with Crippen LogP contribution in [-0.4, -0.2) is 26.6 Å². The van der Waals surface area contributed by atoms with Gasteiger partial charge in [-0.05, 0) is 42.5 Å². The second-order valence-corrected chi connectivity index (χ2v) is 7.48. The van der Waals surface area contributed by atoms with Crippen LogP contribution < -0.4 is 9.46 Å². The van der Waals surface area contributed by atoms with Gasteiger partial charge < -0.3 is 4.74 Å². The van der Waals surface area contributed by atoms with E-state index in [0.717, 1.165) is 10.9 Å². The van der Waals surface area contributed by atoms with Gasteiger partial charge in [-0.2, -0.15) is 4.72 Å². The predicted molar refractivity (Wildman–Crippen MR) is 102 cm³/mol. The Hall–Kier alpha value is -2.59. The summed E-state index contributed by atoms with van der Waals surface area (Å²) in [7, 11) is -3.60. The molecule has 1 aromatic heterocycles. The lowest BCUT2D eigenvalue weighted by Gasteiger charge is -2.04. The number of nitrogens with one attached hydrogen (secondary N) is 1. The largest absolute Gasteiger partial charge is 0.481 e. The number of hydrogen-bond acceptors (Lipinski definition) is 4. The van der Waals surface area contributed by atoms with Gasteiger partial charge in [-0.1, -0.05) is 29.5 Å². The maximum absolute atomic E-state index is 12.1. The second-order valence-electron chi connectivity index (χ2n) is 5.28. The summed E-state index contributed by atoms with van der Waals surface area (Å²) in [5, 5.41) is 1.51. The molecule has 26 heavy (non-hydrogen) atoms. The lowest BCUT2D eigenvalue weighted by molar-refractivity contribution is 0.370. The molecule has 0 unspecified atom stereocenters. The van der Waals surface area contributed by atoms with Gasteiger partial charge in [-0.15, -0.1) is 0 Å². The van der Waals surface area contributed by atoms with Crippen molar-refractivity contribution in [3.8, 4) is 17.6 Å². The van der Waals surface area contributed by atoms with E-state index in [1.165, 1.54) is 24.3 Å². The molecule has 1 N–H and O–H groups in total. The predicted octanol–water partition coefficient (Wildman–Crippen LogP) is 3.25. The van der Waals surface area contributed by atoms with Gasteiger partial charge in [0.2, 0.25) is 10.0 Å². The molecule has 0 spiro atoms. The molecule has 132 valence electrons. The fraction of sp³-hybridized carbons (Fsp3) is 0.105. The summed E-state index contributed by atoms with van der Waals surface area (Å²) in [5.41, 5.74) is 0.841. The maximum atomic E-state index is 12.1. The SMILES string of the molecule is O=S(=O)(NCC#CCOc1ccc2cccnc2c1)c1ccc(Cl)cc1. The summed E-state index contributed by atoms with van der Waals surface area (Å²) in [6.45, 7) is 0.147. The van der Waals surface area contributed by atoms with Crippen molar-refractivity contribution in [2.24, 2.45) is 0 Å². The van der Waals surface area contributed by atoms with E-state index in [0.29, 0.717) is 10.8 Å². The molecule has 3 rings (SSSR count). The van der Waals surface area contributed by atoms with E-state index in [-0.39, 0.29) is 18.0 Å². The Morgan fingerprint density at radius 2 is 1.88 bits per heavy atom. The van der Waals surface area contributed by atoms with E-state index < -0.39 is 10.0 Å². The van der Waals surface area contributed by atoms with Crippen LogP contribution >= 0.6 is 11.6 Å². The standard InChI is InChI=1S/C19H15ClN2O3S/c20-16-6-9-18(10-7-16)26(23,24)22-12-1-2-13-25-17-8-5-15-4-3-11-21-19(15)14-17/h3-11,14,22H,12-13H2. The van der Waals surface area contributed by atoms with Gasteiger partial charge in [-0.25, -0.2) is 8.42 Å². The van der Waals surface area contributed by atoms with Crippen LogP contribution in [0.2, 0.25) is 5.02 Å². The summed E-state index contributed by atoms with van der Waals surface area (Å²) in [5.74, 6) is 6.16. The van der Waals surface area contributed by atoms with Gasteiger partial charge in [0.25, 0.3) is 0 Å². The van der Waals surface area contributed by atoms with Crippen molar-refractivity contribution >= 4 is 32.5 Å². The van der Waals surface area contributed by atoms with Crippen molar-refractivity contribution in [2.75, 3.05) is 13.2 Å². The molecule has 1 heterocycles. The topological polar surface area (TPSA) is 68.3 Å². The first-order valence-electron chi connectivity index (χ1n) is 7.73. The van der Waals surface area contributed by atoms with Crippen molar-refractivity contribution in [3.63, 3.8) is 0 Å². The van der Waals surface area contributed by atoms with E-state index in [2.05, 4.69) is 21.5 Å². The van der Waals surface area contributed by atoms with Gasteiger partial charge in [0.15, 0.2) is 0 Å². The fourth-order valence-electron chi connectivity index (χ4n) is 2.20. The summed E-state index contributed by atoms with van der Waals surface area (Å²) in [4.78, 5) is 4.40. The number of pyridine rings is 1. The molecule has 2 aromatic carbocycles. The van der Waals surface area contributed by atoms with Crippen LogP contribution in [-0.2, 0) is 10.0 Å². The second kappa shape index (κ2) is 8.19. The third-order valence-electron chi connectivity index (χ3n) is 3.49. The molecule has 0 fully saturated rings. The normalized spacial score (nSPS) is 11.0. The first-order valence-corrected chi connectivity index (χ1v) is 9.59. The van der Waals surface area contributed by atoms with E-state index in [1.54, 1.807) is 6.20 Å². The van der Waals surface area contributed by atoms with Crippen LogP contribution in [0.1, 0.15) is 0 Å². The highest BCUT2D eigenvalue weighted by atomic mass is 35.5. The summed E-state index contributed by atoms with van der Waals surface area (Å²) in [6, 6.07) is 15.4. The summed E-state index contributed by atoms with van der Waals surface area (Å²) >= 11 is 5.75. The van der Waals surface area contributed by atoms with Crippen LogP contribution in [0.15, 0.2) is 65.7 Å². The molecule has 0 saturated carbocycles. The third-order valence-corrected chi connectivity index (χ3v) is 5.16. The van der Waals surface area contributed by atoms with Crippen molar-refractivity contribution in [1.82, 2.24) is 9.71 Å². The Morgan fingerprint density at radius 3 is 2.69 bits per heavy atom. The number of aromatic nitrogens is 1. The first-order chi connectivity index (χ1) is 12.5. The zero-order valence-electron chi connectivity index (χ0n) is 13.6. The number of sulfonamides is 1. The highest BCUT2D eigenvalue weighted by Gasteiger charge is 2.11. The highest BCUT2D eigenvalue weighted by Crippen LogP contribution is 2.18. The molecule has 3 aromatic rings. The molecular formula is C19H15ClN2O3S. The Morgan fingerprint density at radius 1 is 1.08 bits per heavy atom. The third kappa shape index (κ3) is 4.73. The monoisotopic (exact) mass is 386 g/mol. The Balaban J connectivity index is 1.51. The number of fused-ring (bicyclic) bond motifs is 1.